The molecule has 0 saturated heterocycles. The minimum Gasteiger partial charge on any atom is -0.374 e. The second-order valence-electron chi connectivity index (χ2n) is 8.95. The molecule has 7 nitrogen and oxygen atoms in total. The molecule has 0 saturated carbocycles. The Kier molecular flexibility index (Phi) is 18.6. The number of nitrogens with one attached hydrogen (secondary N) is 2. The van der Waals surface area contributed by atoms with E-state index < -0.39 is 8.80 Å². The molecule has 0 bridgehead atoms. The highest BCUT2D eigenvalue weighted by atomic mass is 28.4. The first-order valence-electron chi connectivity index (χ1n) is 13.9. The topological polar surface area (TPSA) is 85.9 Å². The van der Waals surface area contributed by atoms with Gasteiger partial charge in [0.1, 0.15) is 0 Å². The lowest BCUT2D eigenvalue weighted by atomic mass is 10.1. The summed E-state index contributed by atoms with van der Waals surface area (Å²) in [6.45, 7) is 9.02. The summed E-state index contributed by atoms with van der Waals surface area (Å²) >= 11 is 0. The van der Waals surface area contributed by atoms with Gasteiger partial charge in [0.15, 0.2) is 0 Å². The van der Waals surface area contributed by atoms with E-state index in [4.69, 9.17) is 13.3 Å². The second-order valence-corrected chi connectivity index (χ2v) is 11.7. The van der Waals surface area contributed by atoms with Crippen LogP contribution in [0.2, 0.25) is 6.04 Å². The van der Waals surface area contributed by atoms with E-state index in [0.29, 0.717) is 32.8 Å². The van der Waals surface area contributed by atoms with Crippen molar-refractivity contribution >= 4 is 20.6 Å². The van der Waals surface area contributed by atoms with Crippen LogP contribution in [0, 0.1) is 5.92 Å². The number of carbonyl (C=O) groups excluding carboxylic acids is 2. The summed E-state index contributed by atoms with van der Waals surface area (Å²) in [4.78, 5) is 24.0. The van der Waals surface area contributed by atoms with Crippen LogP contribution in [0.1, 0.15) is 91.4 Å². The molecule has 0 aromatic carbocycles. The van der Waals surface area contributed by atoms with Crippen molar-refractivity contribution in [1.29, 1.82) is 0 Å². The van der Waals surface area contributed by atoms with Gasteiger partial charge in [0.2, 0.25) is 11.8 Å². The molecular weight excluding hydrogens is 460 g/mol. The van der Waals surface area contributed by atoms with Gasteiger partial charge in [-0.1, -0.05) is 69.2 Å². The number of allylic oxidation sites excluding steroid dienone is 2. The van der Waals surface area contributed by atoms with Crippen LogP contribution >= 0.6 is 0 Å². The predicted octanol–water partition coefficient (Wildman–Crippen LogP) is 5.30. The highest BCUT2D eigenvalue weighted by Crippen LogP contribution is 2.18. The maximum absolute atomic E-state index is 12.1. The first-order valence-corrected chi connectivity index (χ1v) is 15.8. The minimum absolute atomic E-state index is 0.0742. The fourth-order valence-electron chi connectivity index (χ4n) is 4.21. The van der Waals surface area contributed by atoms with Crippen molar-refractivity contribution in [2.24, 2.45) is 5.92 Å². The van der Waals surface area contributed by atoms with Crippen LogP contribution in [0.15, 0.2) is 24.3 Å². The molecule has 8 heteroatoms. The molecule has 0 radical (unpaired) electrons. The van der Waals surface area contributed by atoms with E-state index in [0.717, 1.165) is 38.3 Å². The Labute approximate surface area is 214 Å². The van der Waals surface area contributed by atoms with E-state index in [1.165, 1.54) is 38.5 Å². The highest BCUT2D eigenvalue weighted by Gasteiger charge is 2.39. The molecule has 0 aliphatic heterocycles. The van der Waals surface area contributed by atoms with E-state index >= 15 is 0 Å². The SMILES string of the molecule is CCO[Si](CCCNC(=O)CCCCCCCCCCCNC(=O)C1C=CC=C1)(OCC)OCC. The zero-order valence-electron chi connectivity index (χ0n) is 22.4. The largest absolute Gasteiger partial charge is 0.500 e. The van der Waals surface area contributed by atoms with Crippen LogP contribution in [-0.4, -0.2) is 53.5 Å². The van der Waals surface area contributed by atoms with Gasteiger partial charge in [0, 0.05) is 45.4 Å². The van der Waals surface area contributed by atoms with E-state index in [-0.39, 0.29) is 17.7 Å². The smallest absolute Gasteiger partial charge is 0.374 e. The molecule has 0 aromatic heterocycles. The summed E-state index contributed by atoms with van der Waals surface area (Å²) in [5.74, 6) is 0.167. The zero-order chi connectivity index (χ0) is 25.6. The predicted molar refractivity (Wildman–Crippen MR) is 144 cm³/mol. The lowest BCUT2D eigenvalue weighted by Gasteiger charge is -2.28. The van der Waals surface area contributed by atoms with Gasteiger partial charge < -0.3 is 23.9 Å². The summed E-state index contributed by atoms with van der Waals surface area (Å²) in [6.07, 6.45) is 19.5. The Morgan fingerprint density at radius 2 is 1.17 bits per heavy atom. The molecular formula is C27H50N2O5Si. The van der Waals surface area contributed by atoms with Crippen molar-refractivity contribution in [1.82, 2.24) is 10.6 Å². The van der Waals surface area contributed by atoms with Crippen LogP contribution in [0.3, 0.4) is 0 Å². The molecule has 0 spiro atoms. The van der Waals surface area contributed by atoms with Gasteiger partial charge in [0.05, 0.1) is 5.92 Å². The first-order chi connectivity index (χ1) is 17.1. The Bertz CT molecular complexity index is 598. The van der Waals surface area contributed by atoms with Gasteiger partial charge in [-0.3, -0.25) is 9.59 Å². The third-order valence-electron chi connectivity index (χ3n) is 6.01. The lowest BCUT2D eigenvalue weighted by molar-refractivity contribution is -0.122. The summed E-state index contributed by atoms with van der Waals surface area (Å²) in [7, 11) is -2.61. The number of hydrogen-bond acceptors (Lipinski definition) is 5. The van der Waals surface area contributed by atoms with E-state index in [1.54, 1.807) is 0 Å². The summed E-state index contributed by atoms with van der Waals surface area (Å²) < 4.78 is 17.6. The van der Waals surface area contributed by atoms with Gasteiger partial charge in [0.25, 0.3) is 0 Å². The molecule has 0 atom stereocenters. The maximum Gasteiger partial charge on any atom is 0.500 e. The Balaban J connectivity index is 1.91. The average molecular weight is 511 g/mol. The third kappa shape index (κ3) is 15.3. The van der Waals surface area contributed by atoms with Gasteiger partial charge in [-0.25, -0.2) is 0 Å². The van der Waals surface area contributed by atoms with Crippen molar-refractivity contribution in [3.63, 3.8) is 0 Å². The molecule has 35 heavy (non-hydrogen) atoms. The Hall–Kier alpha value is -1.48. The van der Waals surface area contributed by atoms with Crippen LogP contribution in [0.25, 0.3) is 0 Å². The van der Waals surface area contributed by atoms with E-state index in [1.807, 2.05) is 45.1 Å². The lowest BCUT2D eigenvalue weighted by Crippen LogP contribution is -2.46. The van der Waals surface area contributed by atoms with Crippen LogP contribution < -0.4 is 10.6 Å². The fraction of sp³-hybridized carbons (Fsp3) is 0.778. The van der Waals surface area contributed by atoms with Gasteiger partial charge >= 0.3 is 8.80 Å². The number of rotatable bonds is 23. The zero-order valence-corrected chi connectivity index (χ0v) is 23.4. The molecule has 1 aliphatic carbocycles. The third-order valence-corrected chi connectivity index (χ3v) is 9.16. The first kappa shape index (κ1) is 31.5. The number of amides is 2. The summed E-state index contributed by atoms with van der Waals surface area (Å²) in [6, 6.07) is 0.729. The number of carbonyl (C=O) groups is 2. The van der Waals surface area contributed by atoms with Gasteiger partial charge in [-0.2, -0.15) is 0 Å². The van der Waals surface area contributed by atoms with E-state index in [9.17, 15) is 9.59 Å². The number of hydrogen-bond donors (Lipinski definition) is 2. The van der Waals surface area contributed by atoms with Crippen molar-refractivity contribution in [2.75, 3.05) is 32.9 Å². The van der Waals surface area contributed by atoms with Crippen molar-refractivity contribution in [3.8, 4) is 0 Å². The summed E-state index contributed by atoms with van der Waals surface area (Å²) in [5, 5.41) is 6.03. The van der Waals surface area contributed by atoms with Crippen LogP contribution in [0.5, 0.6) is 0 Å². The quantitative estimate of drug-likeness (QED) is 0.144. The number of unbranched alkanes of at least 4 members (excludes halogenated alkanes) is 8. The molecule has 1 rings (SSSR count). The van der Waals surface area contributed by atoms with Crippen LogP contribution in [-0.2, 0) is 22.9 Å². The monoisotopic (exact) mass is 510 g/mol. The molecule has 2 N–H and O–H groups in total. The molecule has 0 heterocycles. The Morgan fingerprint density at radius 3 is 1.71 bits per heavy atom. The maximum atomic E-state index is 12.1. The molecule has 0 fully saturated rings. The van der Waals surface area contributed by atoms with E-state index in [2.05, 4.69) is 10.6 Å². The van der Waals surface area contributed by atoms with Crippen molar-refractivity contribution in [2.45, 2.75) is 97.4 Å². The highest BCUT2D eigenvalue weighted by molar-refractivity contribution is 6.60. The molecule has 2 amide bonds. The Morgan fingerprint density at radius 1 is 0.686 bits per heavy atom. The van der Waals surface area contributed by atoms with Gasteiger partial charge in [-0.05, 0) is 40.0 Å². The van der Waals surface area contributed by atoms with Crippen molar-refractivity contribution < 1.29 is 22.9 Å². The molecule has 202 valence electrons. The minimum atomic E-state index is -2.61. The molecule has 0 aromatic rings. The standard InChI is InChI=1S/C27H50N2O5Si/c1-4-32-35(33-5-2,34-6-3)24-18-23-28-26(30)21-14-12-10-8-7-9-11-13-17-22-29-27(31)25-19-15-16-20-25/h15-16,19-20,25H,4-14,17-18,21-24H2,1-3H3,(H,28,30)(H,29,31). The normalized spacial score (nSPS) is 13.5. The fourth-order valence-corrected chi connectivity index (χ4v) is 6.82. The second kappa shape index (κ2) is 20.7. The van der Waals surface area contributed by atoms with Crippen molar-refractivity contribution in [3.05, 3.63) is 24.3 Å². The van der Waals surface area contributed by atoms with Crippen LogP contribution in [0.4, 0.5) is 0 Å². The molecule has 1 aliphatic rings. The average Bonchev–Trinajstić information content (AvgIpc) is 3.38. The van der Waals surface area contributed by atoms with Gasteiger partial charge in [-0.15, -0.1) is 0 Å². The molecule has 0 unspecified atom stereocenters. The summed E-state index contributed by atoms with van der Waals surface area (Å²) in [5.41, 5.74) is 0.